The molecule has 0 aliphatic heterocycles. The van der Waals surface area contributed by atoms with Crippen molar-refractivity contribution in [1.82, 2.24) is 4.90 Å². The SMILES string of the molecule is CCCC(C)(N)C(=O)Nc1cccc(C(=O)N(C)C)c1.Cl. The van der Waals surface area contributed by atoms with E-state index in [1.54, 1.807) is 45.3 Å². The molecule has 0 aliphatic rings. The molecule has 0 aromatic heterocycles. The van der Waals surface area contributed by atoms with Gasteiger partial charge in [0.25, 0.3) is 5.91 Å². The summed E-state index contributed by atoms with van der Waals surface area (Å²) in [5.41, 5.74) is 6.18. The Bertz CT molecular complexity index is 501. The number of benzene rings is 1. The minimum atomic E-state index is -0.906. The van der Waals surface area contributed by atoms with E-state index in [2.05, 4.69) is 5.32 Å². The Balaban J connectivity index is 0.00000400. The van der Waals surface area contributed by atoms with Gasteiger partial charge in [-0.05, 0) is 31.5 Å². The van der Waals surface area contributed by atoms with Crippen molar-refractivity contribution in [2.45, 2.75) is 32.2 Å². The monoisotopic (exact) mass is 313 g/mol. The van der Waals surface area contributed by atoms with Crippen LogP contribution < -0.4 is 11.1 Å². The van der Waals surface area contributed by atoms with Crippen molar-refractivity contribution in [3.8, 4) is 0 Å². The Kier molecular flexibility index (Phi) is 7.39. The van der Waals surface area contributed by atoms with Gasteiger partial charge in [-0.3, -0.25) is 9.59 Å². The first-order valence-electron chi connectivity index (χ1n) is 6.70. The summed E-state index contributed by atoms with van der Waals surface area (Å²) in [6, 6.07) is 6.85. The molecule has 1 rings (SSSR count). The minimum absolute atomic E-state index is 0. The topological polar surface area (TPSA) is 75.4 Å². The number of halogens is 1. The molecule has 0 fully saturated rings. The summed E-state index contributed by atoms with van der Waals surface area (Å²) < 4.78 is 0. The first kappa shape index (κ1) is 19.4. The fourth-order valence-corrected chi connectivity index (χ4v) is 1.89. The van der Waals surface area contributed by atoms with E-state index in [4.69, 9.17) is 5.73 Å². The Hall–Kier alpha value is -1.59. The number of anilines is 1. The molecule has 21 heavy (non-hydrogen) atoms. The van der Waals surface area contributed by atoms with E-state index in [1.165, 1.54) is 4.90 Å². The van der Waals surface area contributed by atoms with Crippen molar-refractivity contribution in [3.63, 3.8) is 0 Å². The fraction of sp³-hybridized carbons (Fsp3) is 0.467. The van der Waals surface area contributed by atoms with Crippen LogP contribution in [0.1, 0.15) is 37.0 Å². The van der Waals surface area contributed by atoms with E-state index in [-0.39, 0.29) is 24.2 Å². The molecule has 1 unspecified atom stereocenters. The summed E-state index contributed by atoms with van der Waals surface area (Å²) >= 11 is 0. The van der Waals surface area contributed by atoms with Crippen LogP contribution >= 0.6 is 12.4 Å². The smallest absolute Gasteiger partial charge is 0.253 e. The predicted octanol–water partition coefficient (Wildman–Crippen LogP) is 2.27. The molecule has 1 aromatic carbocycles. The van der Waals surface area contributed by atoms with Crippen molar-refractivity contribution in [3.05, 3.63) is 29.8 Å². The van der Waals surface area contributed by atoms with Crippen molar-refractivity contribution < 1.29 is 9.59 Å². The molecule has 0 radical (unpaired) electrons. The Labute approximate surface area is 132 Å². The molecule has 0 spiro atoms. The Morgan fingerprint density at radius 2 is 1.95 bits per heavy atom. The van der Waals surface area contributed by atoms with Gasteiger partial charge in [0, 0.05) is 25.3 Å². The van der Waals surface area contributed by atoms with Crippen LogP contribution in [0.5, 0.6) is 0 Å². The largest absolute Gasteiger partial charge is 0.345 e. The maximum atomic E-state index is 12.1. The van der Waals surface area contributed by atoms with Gasteiger partial charge in [-0.25, -0.2) is 0 Å². The lowest BCUT2D eigenvalue weighted by Crippen LogP contribution is -2.48. The molecule has 5 nitrogen and oxygen atoms in total. The quantitative estimate of drug-likeness (QED) is 0.875. The highest BCUT2D eigenvalue weighted by Gasteiger charge is 2.27. The molecule has 6 heteroatoms. The lowest BCUT2D eigenvalue weighted by molar-refractivity contribution is -0.120. The maximum absolute atomic E-state index is 12.1. The number of nitrogens with zero attached hydrogens (tertiary/aromatic N) is 1. The third-order valence-electron chi connectivity index (χ3n) is 3.06. The van der Waals surface area contributed by atoms with Gasteiger partial charge in [-0.1, -0.05) is 19.4 Å². The lowest BCUT2D eigenvalue weighted by Gasteiger charge is -2.23. The van der Waals surface area contributed by atoms with Gasteiger partial charge < -0.3 is 16.0 Å². The minimum Gasteiger partial charge on any atom is -0.345 e. The number of rotatable bonds is 5. The molecular formula is C15H24ClN3O2. The van der Waals surface area contributed by atoms with Crippen LogP contribution in [0.15, 0.2) is 24.3 Å². The molecule has 0 saturated carbocycles. The van der Waals surface area contributed by atoms with Crippen LogP contribution in [0.4, 0.5) is 5.69 Å². The number of carbonyl (C=O) groups is 2. The highest BCUT2D eigenvalue weighted by atomic mass is 35.5. The Morgan fingerprint density at radius 3 is 2.48 bits per heavy atom. The average Bonchev–Trinajstić information content (AvgIpc) is 2.37. The van der Waals surface area contributed by atoms with Crippen LogP contribution in [-0.4, -0.2) is 36.3 Å². The van der Waals surface area contributed by atoms with Gasteiger partial charge in [0.15, 0.2) is 0 Å². The Morgan fingerprint density at radius 1 is 1.33 bits per heavy atom. The summed E-state index contributed by atoms with van der Waals surface area (Å²) in [6.45, 7) is 3.69. The zero-order chi connectivity index (χ0) is 15.3. The highest BCUT2D eigenvalue weighted by Crippen LogP contribution is 2.16. The van der Waals surface area contributed by atoms with E-state index < -0.39 is 5.54 Å². The van der Waals surface area contributed by atoms with Crippen LogP contribution in [0.3, 0.4) is 0 Å². The summed E-state index contributed by atoms with van der Waals surface area (Å²) in [6.07, 6.45) is 1.44. The number of amides is 2. The molecule has 118 valence electrons. The summed E-state index contributed by atoms with van der Waals surface area (Å²) in [5.74, 6) is -0.348. The van der Waals surface area contributed by atoms with Crippen LogP contribution in [-0.2, 0) is 4.79 Å². The summed E-state index contributed by atoms with van der Waals surface area (Å²) in [4.78, 5) is 25.5. The second-order valence-corrected chi connectivity index (χ2v) is 5.40. The van der Waals surface area contributed by atoms with Gasteiger partial charge in [0.05, 0.1) is 5.54 Å². The van der Waals surface area contributed by atoms with Crippen molar-refractivity contribution in [1.29, 1.82) is 0 Å². The first-order chi connectivity index (χ1) is 9.27. The van der Waals surface area contributed by atoms with Gasteiger partial charge >= 0.3 is 0 Å². The van der Waals surface area contributed by atoms with Crippen LogP contribution in [0, 0.1) is 0 Å². The molecule has 0 aliphatic carbocycles. The molecular weight excluding hydrogens is 290 g/mol. The van der Waals surface area contributed by atoms with Crippen molar-refractivity contribution in [2.24, 2.45) is 5.73 Å². The summed E-state index contributed by atoms with van der Waals surface area (Å²) in [7, 11) is 3.37. The second kappa shape index (κ2) is 8.00. The number of hydrogen-bond donors (Lipinski definition) is 2. The van der Waals surface area contributed by atoms with Gasteiger partial charge in [0.1, 0.15) is 0 Å². The molecule has 0 heterocycles. The maximum Gasteiger partial charge on any atom is 0.253 e. The van der Waals surface area contributed by atoms with Gasteiger partial charge in [-0.15, -0.1) is 12.4 Å². The number of hydrogen-bond acceptors (Lipinski definition) is 3. The lowest BCUT2D eigenvalue weighted by atomic mass is 9.96. The molecule has 1 atom stereocenters. The highest BCUT2D eigenvalue weighted by molar-refractivity contribution is 5.99. The summed E-state index contributed by atoms with van der Waals surface area (Å²) in [5, 5.41) is 2.77. The average molecular weight is 314 g/mol. The standard InChI is InChI=1S/C15H23N3O2.ClH/c1-5-9-15(2,16)14(20)17-12-8-6-7-11(10-12)13(19)18(3)4;/h6-8,10H,5,9,16H2,1-4H3,(H,17,20);1H. The molecule has 0 saturated heterocycles. The predicted molar refractivity (Wildman–Crippen MR) is 87.8 cm³/mol. The third kappa shape index (κ3) is 5.36. The van der Waals surface area contributed by atoms with Crippen LogP contribution in [0.25, 0.3) is 0 Å². The first-order valence-corrected chi connectivity index (χ1v) is 6.70. The van der Waals surface area contributed by atoms with Crippen molar-refractivity contribution >= 4 is 29.9 Å². The zero-order valence-corrected chi connectivity index (χ0v) is 13.8. The van der Waals surface area contributed by atoms with Gasteiger partial charge in [-0.2, -0.15) is 0 Å². The van der Waals surface area contributed by atoms with E-state index in [1.807, 2.05) is 6.92 Å². The zero-order valence-electron chi connectivity index (χ0n) is 13.0. The molecule has 3 N–H and O–H groups in total. The third-order valence-corrected chi connectivity index (χ3v) is 3.06. The van der Waals surface area contributed by atoms with Crippen LogP contribution in [0.2, 0.25) is 0 Å². The van der Waals surface area contributed by atoms with E-state index in [0.717, 1.165) is 6.42 Å². The molecule has 1 aromatic rings. The fourth-order valence-electron chi connectivity index (χ4n) is 1.89. The molecule has 0 bridgehead atoms. The number of carbonyl (C=O) groups excluding carboxylic acids is 2. The van der Waals surface area contributed by atoms with E-state index in [0.29, 0.717) is 17.7 Å². The van der Waals surface area contributed by atoms with Gasteiger partial charge in [0.2, 0.25) is 5.91 Å². The van der Waals surface area contributed by atoms with E-state index in [9.17, 15) is 9.59 Å². The molecule has 2 amide bonds. The number of nitrogens with one attached hydrogen (secondary N) is 1. The number of nitrogens with two attached hydrogens (primary N) is 1. The second-order valence-electron chi connectivity index (χ2n) is 5.40. The van der Waals surface area contributed by atoms with Crippen molar-refractivity contribution in [2.75, 3.05) is 19.4 Å². The normalized spacial score (nSPS) is 12.8. The van der Waals surface area contributed by atoms with E-state index >= 15 is 0 Å².